The average molecular weight is 276 g/mol. The molecule has 0 saturated heterocycles. The lowest BCUT2D eigenvalue weighted by molar-refractivity contribution is -0.137. The first-order chi connectivity index (χ1) is 9.74. The highest BCUT2D eigenvalue weighted by atomic mass is 16.4. The summed E-state index contributed by atoms with van der Waals surface area (Å²) in [6.07, 6.45) is 9.65. The topological polar surface area (TPSA) is 37.3 Å². The highest BCUT2D eigenvalue weighted by Crippen LogP contribution is 2.28. The molecule has 0 heterocycles. The summed E-state index contributed by atoms with van der Waals surface area (Å²) in [5.74, 6) is -0.0777. The first kappa shape index (κ1) is 16.7. The predicted octanol–water partition coefficient (Wildman–Crippen LogP) is 5.39. The van der Waals surface area contributed by atoms with Crippen LogP contribution in [0.1, 0.15) is 76.2 Å². The van der Waals surface area contributed by atoms with Crippen molar-refractivity contribution in [2.45, 2.75) is 70.6 Å². The van der Waals surface area contributed by atoms with Crippen molar-refractivity contribution in [1.29, 1.82) is 0 Å². The molecule has 0 radical (unpaired) electrons. The normalized spacial score (nSPS) is 12.2. The van der Waals surface area contributed by atoms with E-state index in [2.05, 4.69) is 37.3 Å². The van der Waals surface area contributed by atoms with Crippen LogP contribution in [-0.2, 0) is 4.79 Å². The van der Waals surface area contributed by atoms with Crippen molar-refractivity contribution >= 4 is 5.97 Å². The minimum atomic E-state index is -0.677. The predicted molar refractivity (Wildman–Crippen MR) is 84.0 cm³/mol. The minimum absolute atomic E-state index is 0.303. The van der Waals surface area contributed by atoms with Crippen LogP contribution in [-0.4, -0.2) is 11.1 Å². The Bertz CT molecular complexity index is 359. The molecule has 1 rings (SSSR count). The fraction of sp³-hybridized carbons (Fsp3) is 0.611. The van der Waals surface area contributed by atoms with Gasteiger partial charge >= 0.3 is 5.97 Å². The number of carboxylic acid groups (broad SMARTS) is 1. The van der Waals surface area contributed by atoms with Gasteiger partial charge in [0.2, 0.25) is 0 Å². The van der Waals surface area contributed by atoms with Crippen molar-refractivity contribution in [3.63, 3.8) is 0 Å². The largest absolute Gasteiger partial charge is 0.481 e. The summed E-state index contributed by atoms with van der Waals surface area (Å²) in [7, 11) is 0. The third-order valence-corrected chi connectivity index (χ3v) is 3.87. The number of hydrogen-bond acceptors (Lipinski definition) is 1. The van der Waals surface area contributed by atoms with Gasteiger partial charge in [0.25, 0.3) is 0 Å². The molecular weight excluding hydrogens is 248 g/mol. The molecule has 1 N–H and O–H groups in total. The minimum Gasteiger partial charge on any atom is -0.481 e. The molecule has 1 aromatic rings. The Balaban J connectivity index is 2.40. The number of benzene rings is 1. The van der Waals surface area contributed by atoms with Crippen molar-refractivity contribution in [3.8, 4) is 0 Å². The third-order valence-electron chi connectivity index (χ3n) is 3.87. The molecule has 1 aromatic carbocycles. The third kappa shape index (κ3) is 7.32. The first-order valence-electron chi connectivity index (χ1n) is 8.00. The molecule has 0 spiro atoms. The lowest BCUT2D eigenvalue weighted by atomic mass is 9.88. The molecule has 0 amide bonds. The van der Waals surface area contributed by atoms with E-state index in [0.29, 0.717) is 12.3 Å². The van der Waals surface area contributed by atoms with E-state index in [-0.39, 0.29) is 0 Å². The van der Waals surface area contributed by atoms with Crippen LogP contribution >= 0.6 is 0 Å². The van der Waals surface area contributed by atoms with Gasteiger partial charge in [-0.3, -0.25) is 4.79 Å². The number of carbonyl (C=O) groups is 1. The van der Waals surface area contributed by atoms with Crippen molar-refractivity contribution in [3.05, 3.63) is 35.9 Å². The zero-order valence-corrected chi connectivity index (χ0v) is 12.7. The first-order valence-corrected chi connectivity index (χ1v) is 8.00. The van der Waals surface area contributed by atoms with Crippen molar-refractivity contribution in [1.82, 2.24) is 0 Å². The van der Waals surface area contributed by atoms with E-state index in [1.807, 2.05) is 0 Å². The number of carboxylic acids is 1. The summed E-state index contributed by atoms with van der Waals surface area (Å²) in [6.45, 7) is 2.24. The van der Waals surface area contributed by atoms with Gasteiger partial charge in [-0.1, -0.05) is 69.4 Å². The summed E-state index contributed by atoms with van der Waals surface area (Å²) in [5.41, 5.74) is 1.42. The molecule has 2 heteroatoms. The molecule has 1 atom stereocenters. The number of unbranched alkanes of at least 4 members (excludes halogenated alkanes) is 4. The van der Waals surface area contributed by atoms with Gasteiger partial charge in [0.05, 0.1) is 0 Å². The molecular formula is C18H28O2. The number of rotatable bonds is 11. The molecule has 0 fully saturated rings. The Morgan fingerprint density at radius 3 is 2.25 bits per heavy atom. The highest BCUT2D eigenvalue weighted by molar-refractivity contribution is 5.66. The standard InChI is InChI=1S/C18H28O2/c1-2-3-4-6-11-17(14-9-10-15-18(19)20)16-12-7-5-8-13-16/h5,7-8,12-13,17H,2-4,6,9-11,14-15H2,1H3,(H,19,20). The van der Waals surface area contributed by atoms with Crippen LogP contribution in [0.15, 0.2) is 30.3 Å². The Labute approximate surface area is 123 Å². The fourth-order valence-electron chi connectivity index (χ4n) is 2.69. The molecule has 0 aliphatic carbocycles. The maximum Gasteiger partial charge on any atom is 0.303 e. The molecule has 0 bridgehead atoms. The van der Waals surface area contributed by atoms with Gasteiger partial charge in [-0.25, -0.2) is 0 Å². The summed E-state index contributed by atoms with van der Waals surface area (Å²) in [4.78, 5) is 10.6. The Kier molecular flexibility index (Phi) is 8.77. The molecule has 0 aliphatic rings. The van der Waals surface area contributed by atoms with Crippen LogP contribution in [0.25, 0.3) is 0 Å². The van der Waals surface area contributed by atoms with E-state index in [1.165, 1.54) is 37.7 Å². The number of hydrogen-bond donors (Lipinski definition) is 1. The van der Waals surface area contributed by atoms with Gasteiger partial charge in [-0.05, 0) is 30.7 Å². The van der Waals surface area contributed by atoms with E-state index in [0.717, 1.165) is 19.3 Å². The lowest BCUT2D eigenvalue weighted by Gasteiger charge is -2.17. The lowest BCUT2D eigenvalue weighted by Crippen LogP contribution is -2.01. The van der Waals surface area contributed by atoms with Crippen molar-refractivity contribution < 1.29 is 9.90 Å². The smallest absolute Gasteiger partial charge is 0.303 e. The fourth-order valence-corrected chi connectivity index (χ4v) is 2.69. The van der Waals surface area contributed by atoms with Crippen LogP contribution in [0.3, 0.4) is 0 Å². The average Bonchev–Trinajstić information content (AvgIpc) is 2.46. The highest BCUT2D eigenvalue weighted by Gasteiger charge is 2.11. The van der Waals surface area contributed by atoms with Crippen molar-refractivity contribution in [2.75, 3.05) is 0 Å². The second-order valence-electron chi connectivity index (χ2n) is 5.60. The van der Waals surface area contributed by atoms with Gasteiger partial charge in [0, 0.05) is 6.42 Å². The monoisotopic (exact) mass is 276 g/mol. The maximum atomic E-state index is 10.6. The van der Waals surface area contributed by atoms with Crippen LogP contribution in [0.5, 0.6) is 0 Å². The Morgan fingerprint density at radius 1 is 1.00 bits per heavy atom. The molecule has 0 aromatic heterocycles. The summed E-state index contributed by atoms with van der Waals surface area (Å²) >= 11 is 0. The SMILES string of the molecule is CCCCCCC(CCCCC(=O)O)c1ccccc1. The van der Waals surface area contributed by atoms with E-state index in [9.17, 15) is 4.79 Å². The quantitative estimate of drug-likeness (QED) is 0.550. The second-order valence-corrected chi connectivity index (χ2v) is 5.60. The van der Waals surface area contributed by atoms with Crippen LogP contribution in [0.2, 0.25) is 0 Å². The summed E-state index contributed by atoms with van der Waals surface area (Å²) in [5, 5.41) is 8.70. The Hall–Kier alpha value is -1.31. The van der Waals surface area contributed by atoms with E-state index in [1.54, 1.807) is 0 Å². The van der Waals surface area contributed by atoms with Gasteiger partial charge < -0.3 is 5.11 Å². The molecule has 2 nitrogen and oxygen atoms in total. The molecule has 0 saturated carbocycles. The van der Waals surface area contributed by atoms with E-state index in [4.69, 9.17) is 5.11 Å². The zero-order valence-electron chi connectivity index (χ0n) is 12.7. The number of aliphatic carboxylic acids is 1. The second kappa shape index (κ2) is 10.5. The molecule has 112 valence electrons. The van der Waals surface area contributed by atoms with Gasteiger partial charge in [0.1, 0.15) is 0 Å². The van der Waals surface area contributed by atoms with Crippen molar-refractivity contribution in [2.24, 2.45) is 0 Å². The van der Waals surface area contributed by atoms with Crippen LogP contribution in [0.4, 0.5) is 0 Å². The summed E-state index contributed by atoms with van der Waals surface area (Å²) < 4.78 is 0. The van der Waals surface area contributed by atoms with Crippen LogP contribution < -0.4 is 0 Å². The van der Waals surface area contributed by atoms with Gasteiger partial charge in [-0.15, -0.1) is 0 Å². The Morgan fingerprint density at radius 2 is 1.65 bits per heavy atom. The van der Waals surface area contributed by atoms with Crippen LogP contribution in [0, 0.1) is 0 Å². The summed E-state index contributed by atoms with van der Waals surface area (Å²) in [6, 6.07) is 10.7. The van der Waals surface area contributed by atoms with E-state index < -0.39 is 5.97 Å². The molecule has 0 aliphatic heterocycles. The van der Waals surface area contributed by atoms with Gasteiger partial charge in [0.15, 0.2) is 0 Å². The molecule has 1 unspecified atom stereocenters. The van der Waals surface area contributed by atoms with Gasteiger partial charge in [-0.2, -0.15) is 0 Å². The molecule has 20 heavy (non-hydrogen) atoms. The van der Waals surface area contributed by atoms with E-state index >= 15 is 0 Å². The maximum absolute atomic E-state index is 10.6. The zero-order chi connectivity index (χ0) is 14.6.